The average molecular weight is 305 g/mol. The minimum absolute atomic E-state index is 0.111. The van der Waals surface area contributed by atoms with E-state index in [-0.39, 0.29) is 12.1 Å². The average Bonchev–Trinajstić information content (AvgIpc) is 2.46. The van der Waals surface area contributed by atoms with E-state index in [1.807, 2.05) is 6.92 Å². The van der Waals surface area contributed by atoms with Crippen molar-refractivity contribution >= 4 is 10.2 Å². The summed E-state index contributed by atoms with van der Waals surface area (Å²) in [6.07, 6.45) is 3.04. The first-order valence-electron chi connectivity index (χ1n) is 7.59. The summed E-state index contributed by atoms with van der Waals surface area (Å²) in [5.74, 6) is 0. The van der Waals surface area contributed by atoms with Gasteiger partial charge in [-0.3, -0.25) is 4.90 Å². The molecule has 2 rings (SSSR count). The minimum Gasteiger partial charge on any atom is -0.379 e. The Bertz CT molecular complexity index is 396. The van der Waals surface area contributed by atoms with Gasteiger partial charge < -0.3 is 4.74 Å². The zero-order valence-corrected chi connectivity index (χ0v) is 13.4. The molecular formula is C13H27N3O3S. The van der Waals surface area contributed by atoms with Gasteiger partial charge in [-0.2, -0.15) is 12.7 Å². The zero-order valence-electron chi connectivity index (χ0n) is 12.5. The second kappa shape index (κ2) is 7.17. The molecule has 2 unspecified atom stereocenters. The van der Waals surface area contributed by atoms with Crippen LogP contribution < -0.4 is 4.72 Å². The van der Waals surface area contributed by atoms with Gasteiger partial charge in [0, 0.05) is 38.3 Å². The van der Waals surface area contributed by atoms with E-state index >= 15 is 0 Å². The van der Waals surface area contributed by atoms with Crippen molar-refractivity contribution in [2.45, 2.75) is 45.2 Å². The van der Waals surface area contributed by atoms with Crippen LogP contribution in [0.1, 0.15) is 33.1 Å². The van der Waals surface area contributed by atoms with Crippen LogP contribution in [-0.2, 0) is 14.9 Å². The summed E-state index contributed by atoms with van der Waals surface area (Å²) in [6, 6.07) is 0.314. The third-order valence-electron chi connectivity index (χ3n) is 4.28. The molecule has 118 valence electrons. The van der Waals surface area contributed by atoms with Gasteiger partial charge in [-0.25, -0.2) is 4.72 Å². The predicted octanol–water partition coefficient (Wildman–Crippen LogP) is 0.416. The lowest BCUT2D eigenvalue weighted by atomic mass is 10.1. The number of hydrogen-bond donors (Lipinski definition) is 1. The Morgan fingerprint density at radius 2 is 1.95 bits per heavy atom. The van der Waals surface area contributed by atoms with E-state index in [0.29, 0.717) is 13.1 Å². The van der Waals surface area contributed by atoms with Gasteiger partial charge in [-0.15, -0.1) is 0 Å². The first kappa shape index (κ1) is 16.2. The molecule has 2 fully saturated rings. The number of nitrogens with one attached hydrogen (secondary N) is 1. The third-order valence-corrected chi connectivity index (χ3v) is 5.97. The summed E-state index contributed by atoms with van der Waals surface area (Å²) in [7, 11) is -3.34. The Kier molecular flexibility index (Phi) is 5.80. The second-order valence-electron chi connectivity index (χ2n) is 5.81. The molecule has 0 aromatic carbocycles. The highest BCUT2D eigenvalue weighted by molar-refractivity contribution is 7.87. The smallest absolute Gasteiger partial charge is 0.279 e. The van der Waals surface area contributed by atoms with E-state index in [0.717, 1.165) is 45.6 Å². The monoisotopic (exact) mass is 305 g/mol. The first-order valence-corrected chi connectivity index (χ1v) is 9.03. The lowest BCUT2D eigenvalue weighted by Gasteiger charge is -2.35. The van der Waals surface area contributed by atoms with Crippen molar-refractivity contribution in [3.63, 3.8) is 0 Å². The standard InChI is InChI=1S/C13H27N3O3S/c1-12-5-3-4-6-16(12)20(17,18)14-11-13(2)15-7-9-19-10-8-15/h12-14H,3-11H2,1-2H3. The second-order valence-corrected chi connectivity index (χ2v) is 7.51. The summed E-state index contributed by atoms with van der Waals surface area (Å²) >= 11 is 0. The molecule has 1 N–H and O–H groups in total. The third kappa shape index (κ3) is 4.14. The van der Waals surface area contributed by atoms with Crippen molar-refractivity contribution in [2.75, 3.05) is 39.4 Å². The highest BCUT2D eigenvalue weighted by Crippen LogP contribution is 2.19. The van der Waals surface area contributed by atoms with Gasteiger partial charge in [0.1, 0.15) is 0 Å². The Labute approximate surface area is 122 Å². The van der Waals surface area contributed by atoms with Crippen LogP contribution in [0.2, 0.25) is 0 Å². The van der Waals surface area contributed by atoms with Gasteiger partial charge in [-0.1, -0.05) is 6.42 Å². The molecule has 0 bridgehead atoms. The van der Waals surface area contributed by atoms with Crippen LogP contribution in [0.15, 0.2) is 0 Å². The topological polar surface area (TPSA) is 61.9 Å². The quantitative estimate of drug-likeness (QED) is 0.799. The fourth-order valence-electron chi connectivity index (χ4n) is 2.89. The molecule has 0 spiro atoms. The number of piperidine rings is 1. The number of rotatable bonds is 5. The van der Waals surface area contributed by atoms with E-state index in [1.54, 1.807) is 4.31 Å². The van der Waals surface area contributed by atoms with Crippen molar-refractivity contribution in [3.05, 3.63) is 0 Å². The number of hydrogen-bond acceptors (Lipinski definition) is 4. The van der Waals surface area contributed by atoms with Crippen molar-refractivity contribution in [1.82, 2.24) is 13.9 Å². The highest BCUT2D eigenvalue weighted by Gasteiger charge is 2.30. The maximum Gasteiger partial charge on any atom is 0.279 e. The van der Waals surface area contributed by atoms with Crippen LogP contribution in [0.3, 0.4) is 0 Å². The summed E-state index contributed by atoms with van der Waals surface area (Å²) in [5, 5.41) is 0. The minimum atomic E-state index is -3.34. The fraction of sp³-hybridized carbons (Fsp3) is 1.00. The van der Waals surface area contributed by atoms with Gasteiger partial charge in [-0.05, 0) is 26.7 Å². The van der Waals surface area contributed by atoms with Crippen molar-refractivity contribution in [3.8, 4) is 0 Å². The van der Waals surface area contributed by atoms with E-state index < -0.39 is 10.2 Å². The Balaban J connectivity index is 1.84. The highest BCUT2D eigenvalue weighted by atomic mass is 32.2. The molecule has 2 aliphatic rings. The van der Waals surface area contributed by atoms with Crippen molar-refractivity contribution in [2.24, 2.45) is 0 Å². The van der Waals surface area contributed by atoms with Crippen LogP contribution in [0.25, 0.3) is 0 Å². The molecule has 2 aliphatic heterocycles. The van der Waals surface area contributed by atoms with Gasteiger partial charge in [0.05, 0.1) is 13.2 Å². The summed E-state index contributed by atoms with van der Waals surface area (Å²) < 4.78 is 34.4. The molecule has 0 aromatic rings. The molecule has 2 heterocycles. The number of ether oxygens (including phenoxy) is 1. The molecule has 6 nitrogen and oxygen atoms in total. The Morgan fingerprint density at radius 1 is 1.25 bits per heavy atom. The van der Waals surface area contributed by atoms with Crippen LogP contribution in [0.4, 0.5) is 0 Å². The first-order chi connectivity index (χ1) is 9.50. The molecule has 0 aliphatic carbocycles. The molecule has 0 saturated carbocycles. The van der Waals surface area contributed by atoms with Crippen molar-refractivity contribution in [1.29, 1.82) is 0 Å². The maximum atomic E-state index is 12.4. The fourth-order valence-corrected chi connectivity index (χ4v) is 4.45. The SMILES string of the molecule is CC(CNS(=O)(=O)N1CCCCC1C)N1CCOCC1. The molecule has 0 amide bonds. The van der Waals surface area contributed by atoms with E-state index in [1.165, 1.54) is 0 Å². The lowest BCUT2D eigenvalue weighted by Crippen LogP contribution is -2.52. The summed E-state index contributed by atoms with van der Waals surface area (Å²) in [6.45, 7) is 8.39. The van der Waals surface area contributed by atoms with Gasteiger partial charge >= 0.3 is 0 Å². The molecule has 2 atom stereocenters. The Morgan fingerprint density at radius 3 is 2.60 bits per heavy atom. The molecule has 0 aromatic heterocycles. The maximum absolute atomic E-state index is 12.4. The van der Waals surface area contributed by atoms with Gasteiger partial charge in [0.2, 0.25) is 0 Å². The molecule has 20 heavy (non-hydrogen) atoms. The van der Waals surface area contributed by atoms with Gasteiger partial charge in [0.25, 0.3) is 10.2 Å². The molecule has 0 radical (unpaired) electrons. The van der Waals surface area contributed by atoms with E-state index in [9.17, 15) is 8.42 Å². The van der Waals surface area contributed by atoms with Crippen LogP contribution in [0, 0.1) is 0 Å². The van der Waals surface area contributed by atoms with Crippen LogP contribution in [0.5, 0.6) is 0 Å². The Hall–Kier alpha value is -0.210. The molecule has 2 saturated heterocycles. The lowest BCUT2D eigenvalue weighted by molar-refractivity contribution is 0.0212. The summed E-state index contributed by atoms with van der Waals surface area (Å²) in [4.78, 5) is 2.27. The van der Waals surface area contributed by atoms with Crippen molar-refractivity contribution < 1.29 is 13.2 Å². The normalized spacial score (nSPS) is 28.4. The molecular weight excluding hydrogens is 278 g/mol. The number of morpholine rings is 1. The zero-order chi connectivity index (χ0) is 14.6. The summed E-state index contributed by atoms with van der Waals surface area (Å²) in [5.41, 5.74) is 0. The largest absolute Gasteiger partial charge is 0.379 e. The molecule has 7 heteroatoms. The van der Waals surface area contributed by atoms with Gasteiger partial charge in [0.15, 0.2) is 0 Å². The predicted molar refractivity (Wildman–Crippen MR) is 78.8 cm³/mol. The van der Waals surface area contributed by atoms with E-state index in [4.69, 9.17) is 4.74 Å². The van der Waals surface area contributed by atoms with Crippen LogP contribution in [-0.4, -0.2) is 69.1 Å². The van der Waals surface area contributed by atoms with E-state index in [2.05, 4.69) is 16.5 Å². The van der Waals surface area contributed by atoms with Crippen LogP contribution >= 0.6 is 0 Å². The number of nitrogens with zero attached hydrogens (tertiary/aromatic N) is 2.